The zero-order chi connectivity index (χ0) is 17.7. The molecule has 24 heavy (non-hydrogen) atoms. The van der Waals surface area contributed by atoms with Gasteiger partial charge in [-0.2, -0.15) is 0 Å². The molecular weight excluding hydrogens is 324 g/mol. The summed E-state index contributed by atoms with van der Waals surface area (Å²) in [5.74, 6) is -0.861. The highest BCUT2D eigenvalue weighted by molar-refractivity contribution is 8.02. The quantitative estimate of drug-likeness (QED) is 0.803. The Bertz CT molecular complexity index is 593. The van der Waals surface area contributed by atoms with Crippen molar-refractivity contribution >= 4 is 35.2 Å². The molecule has 1 fully saturated rings. The molecule has 1 aromatic rings. The molecular formula is C18H24N2O3S. The van der Waals surface area contributed by atoms with Gasteiger partial charge in [0, 0.05) is 5.69 Å². The molecule has 5 nitrogen and oxygen atoms in total. The van der Waals surface area contributed by atoms with Crippen molar-refractivity contribution in [3.05, 3.63) is 29.8 Å². The summed E-state index contributed by atoms with van der Waals surface area (Å²) < 4.78 is 0. The van der Waals surface area contributed by atoms with Crippen LogP contribution in [-0.2, 0) is 20.8 Å². The fourth-order valence-electron chi connectivity index (χ4n) is 2.64. The van der Waals surface area contributed by atoms with E-state index in [0.29, 0.717) is 18.5 Å². The van der Waals surface area contributed by atoms with E-state index < -0.39 is 0 Å². The van der Waals surface area contributed by atoms with Crippen molar-refractivity contribution in [1.29, 1.82) is 0 Å². The Labute approximate surface area is 147 Å². The zero-order valence-corrected chi connectivity index (χ0v) is 15.2. The highest BCUT2D eigenvalue weighted by Gasteiger charge is 2.40. The Kier molecular flexibility index (Phi) is 6.43. The van der Waals surface area contributed by atoms with Crippen molar-refractivity contribution in [3.8, 4) is 0 Å². The van der Waals surface area contributed by atoms with Gasteiger partial charge in [-0.05, 0) is 37.0 Å². The molecule has 2 rings (SSSR count). The van der Waals surface area contributed by atoms with Gasteiger partial charge in [-0.3, -0.25) is 19.3 Å². The van der Waals surface area contributed by atoms with Crippen LogP contribution in [0.2, 0.25) is 0 Å². The van der Waals surface area contributed by atoms with Gasteiger partial charge in [0.25, 0.3) is 0 Å². The number of imide groups is 1. The van der Waals surface area contributed by atoms with E-state index >= 15 is 0 Å². The van der Waals surface area contributed by atoms with Gasteiger partial charge < -0.3 is 5.32 Å². The first-order valence-corrected chi connectivity index (χ1v) is 9.33. The Hall–Kier alpha value is -1.82. The maximum atomic E-state index is 12.4. The summed E-state index contributed by atoms with van der Waals surface area (Å²) in [6.45, 7) is 5.69. The largest absolute Gasteiger partial charge is 0.325 e. The minimum atomic E-state index is -0.349. The van der Waals surface area contributed by atoms with Crippen molar-refractivity contribution in [2.45, 2.75) is 50.5 Å². The Balaban J connectivity index is 2.04. The standard InChI is InChI=1S/C18H24N2O3S/c1-4-12-7-9-13(10-8-12)19-16(21)11-20-17(22)14(5-2)24-15(6-3)18(20)23/h7-10,14-15H,4-6,11H2,1-3H3,(H,19,21)/t14-,15-/m1/s1. The van der Waals surface area contributed by atoms with Crippen LogP contribution >= 0.6 is 11.8 Å². The lowest BCUT2D eigenvalue weighted by Crippen LogP contribution is -2.53. The molecule has 1 heterocycles. The molecule has 0 spiro atoms. The molecule has 1 N–H and O–H groups in total. The fraction of sp³-hybridized carbons (Fsp3) is 0.500. The minimum Gasteiger partial charge on any atom is -0.325 e. The lowest BCUT2D eigenvalue weighted by molar-refractivity contribution is -0.147. The molecule has 1 aliphatic heterocycles. The van der Waals surface area contributed by atoms with Crippen molar-refractivity contribution in [3.63, 3.8) is 0 Å². The minimum absolute atomic E-state index is 0.221. The summed E-state index contributed by atoms with van der Waals surface area (Å²) in [7, 11) is 0. The molecule has 0 bridgehead atoms. The highest BCUT2D eigenvalue weighted by atomic mass is 32.2. The van der Waals surface area contributed by atoms with Crippen LogP contribution in [0.4, 0.5) is 5.69 Å². The summed E-state index contributed by atoms with van der Waals surface area (Å²) in [5, 5.41) is 2.26. The van der Waals surface area contributed by atoms with Gasteiger partial charge in [0.15, 0.2) is 0 Å². The number of hydrogen-bond acceptors (Lipinski definition) is 4. The predicted molar refractivity (Wildman–Crippen MR) is 96.9 cm³/mol. The number of benzene rings is 1. The lowest BCUT2D eigenvalue weighted by atomic mass is 10.1. The molecule has 130 valence electrons. The number of thioether (sulfide) groups is 1. The Morgan fingerprint density at radius 2 is 1.58 bits per heavy atom. The van der Waals surface area contributed by atoms with E-state index in [1.54, 1.807) is 0 Å². The van der Waals surface area contributed by atoms with E-state index in [2.05, 4.69) is 12.2 Å². The van der Waals surface area contributed by atoms with Crippen LogP contribution in [0, 0.1) is 0 Å². The second-order valence-electron chi connectivity index (χ2n) is 5.79. The predicted octanol–water partition coefficient (Wildman–Crippen LogP) is 2.85. The number of nitrogens with zero attached hydrogens (tertiary/aromatic N) is 1. The van der Waals surface area contributed by atoms with E-state index in [-0.39, 0.29) is 34.8 Å². The number of hydrogen-bond donors (Lipinski definition) is 1. The maximum absolute atomic E-state index is 12.4. The van der Waals surface area contributed by atoms with E-state index in [1.165, 1.54) is 17.3 Å². The molecule has 0 aromatic heterocycles. The number of carbonyl (C=O) groups excluding carboxylic acids is 3. The van der Waals surface area contributed by atoms with E-state index in [9.17, 15) is 14.4 Å². The van der Waals surface area contributed by atoms with Crippen molar-refractivity contribution in [2.24, 2.45) is 0 Å². The molecule has 0 unspecified atom stereocenters. The summed E-state index contributed by atoms with van der Waals surface area (Å²) in [5.41, 5.74) is 1.85. The zero-order valence-electron chi connectivity index (χ0n) is 14.4. The number of nitrogens with one attached hydrogen (secondary N) is 1. The molecule has 2 atom stereocenters. The second-order valence-corrected chi connectivity index (χ2v) is 7.20. The summed E-state index contributed by atoms with van der Waals surface area (Å²) in [6, 6.07) is 7.56. The van der Waals surface area contributed by atoms with Gasteiger partial charge >= 0.3 is 0 Å². The highest BCUT2D eigenvalue weighted by Crippen LogP contribution is 2.31. The number of anilines is 1. The number of carbonyl (C=O) groups is 3. The third-order valence-electron chi connectivity index (χ3n) is 4.10. The first-order valence-electron chi connectivity index (χ1n) is 8.39. The number of amides is 3. The number of aryl methyl sites for hydroxylation is 1. The first kappa shape index (κ1) is 18.5. The van der Waals surface area contributed by atoms with Crippen LogP contribution in [0.15, 0.2) is 24.3 Å². The third kappa shape index (κ3) is 4.17. The van der Waals surface area contributed by atoms with Gasteiger partial charge in [-0.15, -0.1) is 11.8 Å². The van der Waals surface area contributed by atoms with E-state index in [0.717, 1.165) is 11.3 Å². The van der Waals surface area contributed by atoms with E-state index in [1.807, 2.05) is 38.1 Å². The van der Waals surface area contributed by atoms with Gasteiger partial charge in [-0.1, -0.05) is 32.9 Å². The van der Waals surface area contributed by atoms with Crippen molar-refractivity contribution in [1.82, 2.24) is 4.90 Å². The molecule has 6 heteroatoms. The first-order chi connectivity index (χ1) is 11.5. The molecule has 0 saturated carbocycles. The summed E-state index contributed by atoms with van der Waals surface area (Å²) in [4.78, 5) is 38.2. The molecule has 1 aliphatic rings. The summed E-state index contributed by atoms with van der Waals surface area (Å²) in [6.07, 6.45) is 2.24. The Morgan fingerprint density at radius 3 is 2.04 bits per heavy atom. The average molecular weight is 348 g/mol. The van der Waals surface area contributed by atoms with Crippen LogP contribution in [0.3, 0.4) is 0 Å². The van der Waals surface area contributed by atoms with Crippen LogP contribution in [0.5, 0.6) is 0 Å². The van der Waals surface area contributed by atoms with Crippen LogP contribution in [-0.4, -0.2) is 39.7 Å². The lowest BCUT2D eigenvalue weighted by Gasteiger charge is -2.34. The van der Waals surface area contributed by atoms with Crippen LogP contribution in [0.25, 0.3) is 0 Å². The molecule has 0 aliphatic carbocycles. The molecule has 1 aromatic carbocycles. The molecule has 0 radical (unpaired) electrons. The van der Waals surface area contributed by atoms with Gasteiger partial charge in [0.1, 0.15) is 6.54 Å². The van der Waals surface area contributed by atoms with Crippen molar-refractivity contribution < 1.29 is 14.4 Å². The molecule has 3 amide bonds. The third-order valence-corrected chi connectivity index (χ3v) is 5.83. The topological polar surface area (TPSA) is 66.5 Å². The normalized spacial score (nSPS) is 21.0. The van der Waals surface area contributed by atoms with Crippen LogP contribution in [0.1, 0.15) is 39.2 Å². The monoisotopic (exact) mass is 348 g/mol. The molecule has 1 saturated heterocycles. The van der Waals surface area contributed by atoms with Gasteiger partial charge in [0.05, 0.1) is 10.5 Å². The number of rotatable bonds is 6. The SMILES string of the molecule is CCc1ccc(NC(=O)CN2C(=O)[C@@H](CC)S[C@H](CC)C2=O)cc1. The maximum Gasteiger partial charge on any atom is 0.244 e. The Morgan fingerprint density at radius 1 is 1.04 bits per heavy atom. The second kappa shape index (κ2) is 8.33. The van der Waals surface area contributed by atoms with E-state index in [4.69, 9.17) is 0 Å². The van der Waals surface area contributed by atoms with Crippen molar-refractivity contribution in [2.75, 3.05) is 11.9 Å². The van der Waals surface area contributed by atoms with Gasteiger partial charge in [0.2, 0.25) is 17.7 Å². The van der Waals surface area contributed by atoms with Gasteiger partial charge in [-0.25, -0.2) is 0 Å². The smallest absolute Gasteiger partial charge is 0.244 e. The summed E-state index contributed by atoms with van der Waals surface area (Å²) >= 11 is 1.41. The van der Waals surface area contributed by atoms with Crippen LogP contribution < -0.4 is 5.32 Å². The fourth-order valence-corrected chi connectivity index (χ4v) is 3.91. The average Bonchev–Trinajstić information content (AvgIpc) is 2.59.